The molecule has 3 N–H and O–H groups in total. The Balaban J connectivity index is 2.45. The van der Waals surface area contributed by atoms with Gasteiger partial charge < -0.3 is 15.6 Å². The fourth-order valence-corrected chi connectivity index (χ4v) is 4.42. The van der Waals surface area contributed by atoms with Gasteiger partial charge in [0, 0.05) is 17.3 Å². The molecular formula is C16H27NO2. The van der Waals surface area contributed by atoms with E-state index in [1.54, 1.807) is 0 Å². The van der Waals surface area contributed by atoms with Crippen molar-refractivity contribution in [2.24, 2.45) is 28.9 Å². The highest BCUT2D eigenvalue weighted by Crippen LogP contribution is 2.62. The summed E-state index contributed by atoms with van der Waals surface area (Å²) in [5, 5.41) is 11.2. The molecule has 2 unspecified atom stereocenters. The fourth-order valence-electron chi connectivity index (χ4n) is 4.42. The number of nitrogens with two attached hydrogens (primary N) is 1. The largest absolute Gasteiger partial charge is 0.389 e. The molecule has 0 aromatic heterocycles. The normalized spacial score (nSPS) is 48.3. The standard InChI is InChI=1S/C16H27NO2/c1-11-6-7-15(3)14(10-18)13(5-4-8-17)12(2)16(15,19)9-11/h5,10-12,14,19H,4,6-9,17H2,1-3H3/t11?,12?,14-,15+,16-/m0/s1. The van der Waals surface area contributed by atoms with E-state index in [1.807, 2.05) is 0 Å². The summed E-state index contributed by atoms with van der Waals surface area (Å²) in [6, 6.07) is 0. The van der Waals surface area contributed by atoms with E-state index in [4.69, 9.17) is 5.73 Å². The number of aliphatic hydroxyl groups is 1. The van der Waals surface area contributed by atoms with Gasteiger partial charge in [0.1, 0.15) is 6.29 Å². The van der Waals surface area contributed by atoms with Gasteiger partial charge in [0.05, 0.1) is 5.60 Å². The molecule has 3 heteroatoms. The molecule has 0 heterocycles. The number of aldehydes is 1. The molecule has 2 saturated carbocycles. The summed E-state index contributed by atoms with van der Waals surface area (Å²) in [6.45, 7) is 6.95. The van der Waals surface area contributed by atoms with Crippen molar-refractivity contribution in [3.63, 3.8) is 0 Å². The fraction of sp³-hybridized carbons (Fsp3) is 0.812. The molecule has 3 nitrogen and oxygen atoms in total. The van der Waals surface area contributed by atoms with E-state index in [2.05, 4.69) is 26.8 Å². The number of fused-ring (bicyclic) bond motifs is 1. The van der Waals surface area contributed by atoms with Gasteiger partial charge in [0.15, 0.2) is 0 Å². The van der Waals surface area contributed by atoms with Gasteiger partial charge in [-0.15, -0.1) is 0 Å². The number of hydrogen-bond acceptors (Lipinski definition) is 3. The van der Waals surface area contributed by atoms with Crippen molar-refractivity contribution >= 4 is 6.29 Å². The van der Waals surface area contributed by atoms with Gasteiger partial charge in [-0.05, 0) is 38.1 Å². The average Bonchev–Trinajstić information content (AvgIpc) is 2.53. The van der Waals surface area contributed by atoms with Gasteiger partial charge in [-0.1, -0.05) is 32.4 Å². The maximum Gasteiger partial charge on any atom is 0.127 e. The average molecular weight is 265 g/mol. The van der Waals surface area contributed by atoms with Gasteiger partial charge in [-0.25, -0.2) is 0 Å². The minimum atomic E-state index is -0.739. The van der Waals surface area contributed by atoms with Crippen LogP contribution in [0.2, 0.25) is 0 Å². The third-order valence-corrected chi connectivity index (χ3v) is 5.75. The van der Waals surface area contributed by atoms with Crippen LogP contribution < -0.4 is 5.73 Å². The van der Waals surface area contributed by atoms with Crippen molar-refractivity contribution in [2.45, 2.75) is 52.1 Å². The lowest BCUT2D eigenvalue weighted by atomic mass is 9.59. The lowest BCUT2D eigenvalue weighted by molar-refractivity contribution is -0.140. The second kappa shape index (κ2) is 5.02. The first-order valence-electron chi connectivity index (χ1n) is 7.48. The van der Waals surface area contributed by atoms with Gasteiger partial charge in [-0.2, -0.15) is 0 Å². The molecule has 2 aliphatic rings. The van der Waals surface area contributed by atoms with Crippen LogP contribution in [0.1, 0.15) is 46.5 Å². The first-order chi connectivity index (χ1) is 8.90. The Hall–Kier alpha value is -0.670. The molecular weight excluding hydrogens is 238 g/mol. The third kappa shape index (κ3) is 1.98. The summed E-state index contributed by atoms with van der Waals surface area (Å²) in [5.74, 6) is 0.440. The molecule has 2 fully saturated rings. The monoisotopic (exact) mass is 265 g/mol. The molecule has 2 aliphatic carbocycles. The van der Waals surface area contributed by atoms with Crippen molar-refractivity contribution in [3.05, 3.63) is 11.6 Å². The number of hydrogen-bond donors (Lipinski definition) is 2. The summed E-state index contributed by atoms with van der Waals surface area (Å²) in [6.07, 6.45) is 6.75. The summed E-state index contributed by atoms with van der Waals surface area (Å²) in [7, 11) is 0. The first-order valence-corrected chi connectivity index (χ1v) is 7.48. The SMILES string of the molecule is CC1CC[C@]2(C)[C@@H](C=O)C(=CCCN)C(C)[C@@]2(O)C1. The third-order valence-electron chi connectivity index (χ3n) is 5.75. The maximum atomic E-state index is 11.6. The van der Waals surface area contributed by atoms with E-state index in [0.29, 0.717) is 12.5 Å². The van der Waals surface area contributed by atoms with Crippen LogP contribution in [0.4, 0.5) is 0 Å². The van der Waals surface area contributed by atoms with Gasteiger partial charge in [0.25, 0.3) is 0 Å². The minimum Gasteiger partial charge on any atom is -0.389 e. The Kier molecular flexibility index (Phi) is 3.90. The highest BCUT2D eigenvalue weighted by Gasteiger charge is 2.63. The molecule has 5 atom stereocenters. The van der Waals surface area contributed by atoms with Crippen LogP contribution in [0.15, 0.2) is 11.6 Å². The van der Waals surface area contributed by atoms with Crippen molar-refractivity contribution < 1.29 is 9.90 Å². The van der Waals surface area contributed by atoms with Crippen LogP contribution in [-0.2, 0) is 4.79 Å². The van der Waals surface area contributed by atoms with Crippen LogP contribution >= 0.6 is 0 Å². The zero-order chi connectivity index (χ0) is 14.3. The number of carbonyl (C=O) groups excluding carboxylic acids is 1. The Bertz CT molecular complexity index is 392. The minimum absolute atomic E-state index is 0.0574. The highest BCUT2D eigenvalue weighted by atomic mass is 16.3. The van der Waals surface area contributed by atoms with E-state index in [-0.39, 0.29) is 17.3 Å². The van der Waals surface area contributed by atoms with Crippen molar-refractivity contribution in [2.75, 3.05) is 6.54 Å². The molecule has 108 valence electrons. The first kappa shape index (κ1) is 14.7. The predicted molar refractivity (Wildman–Crippen MR) is 76.5 cm³/mol. The molecule has 0 saturated heterocycles. The van der Waals surface area contributed by atoms with Crippen molar-refractivity contribution in [3.8, 4) is 0 Å². The Morgan fingerprint density at radius 2 is 2.16 bits per heavy atom. The van der Waals surface area contributed by atoms with E-state index in [9.17, 15) is 9.90 Å². The zero-order valence-corrected chi connectivity index (χ0v) is 12.4. The summed E-state index contributed by atoms with van der Waals surface area (Å²) < 4.78 is 0. The maximum absolute atomic E-state index is 11.6. The lowest BCUT2D eigenvalue weighted by Gasteiger charge is -2.49. The Morgan fingerprint density at radius 1 is 1.47 bits per heavy atom. The smallest absolute Gasteiger partial charge is 0.127 e. The summed E-state index contributed by atoms with van der Waals surface area (Å²) >= 11 is 0. The van der Waals surface area contributed by atoms with Crippen LogP contribution in [0, 0.1) is 23.2 Å². The van der Waals surface area contributed by atoms with Crippen LogP contribution in [0.3, 0.4) is 0 Å². The molecule has 0 spiro atoms. The molecule has 19 heavy (non-hydrogen) atoms. The second-order valence-corrected chi connectivity index (χ2v) is 6.81. The van der Waals surface area contributed by atoms with E-state index in [1.165, 1.54) is 0 Å². The van der Waals surface area contributed by atoms with Gasteiger partial charge in [-0.3, -0.25) is 0 Å². The summed E-state index contributed by atoms with van der Waals surface area (Å²) in [4.78, 5) is 11.6. The zero-order valence-electron chi connectivity index (χ0n) is 12.4. The molecule has 0 aliphatic heterocycles. The Morgan fingerprint density at radius 3 is 2.74 bits per heavy atom. The van der Waals surface area contributed by atoms with Crippen LogP contribution in [-0.4, -0.2) is 23.5 Å². The lowest BCUT2D eigenvalue weighted by Crippen LogP contribution is -2.52. The van der Waals surface area contributed by atoms with Gasteiger partial charge in [0.2, 0.25) is 0 Å². The number of rotatable bonds is 3. The quantitative estimate of drug-likeness (QED) is 0.608. The van der Waals surface area contributed by atoms with Crippen LogP contribution in [0.25, 0.3) is 0 Å². The molecule has 0 amide bonds. The van der Waals surface area contributed by atoms with Crippen LogP contribution in [0.5, 0.6) is 0 Å². The van der Waals surface area contributed by atoms with E-state index < -0.39 is 5.60 Å². The second-order valence-electron chi connectivity index (χ2n) is 6.81. The van der Waals surface area contributed by atoms with Crippen molar-refractivity contribution in [1.29, 1.82) is 0 Å². The van der Waals surface area contributed by atoms with E-state index >= 15 is 0 Å². The molecule has 0 radical (unpaired) electrons. The molecule has 2 rings (SSSR count). The van der Waals surface area contributed by atoms with Gasteiger partial charge >= 0.3 is 0 Å². The molecule has 0 aromatic carbocycles. The highest BCUT2D eigenvalue weighted by molar-refractivity contribution is 5.64. The Labute approximate surface area is 116 Å². The summed E-state index contributed by atoms with van der Waals surface area (Å²) in [5.41, 5.74) is 5.65. The molecule has 0 aromatic rings. The topological polar surface area (TPSA) is 63.3 Å². The molecule has 0 bridgehead atoms. The van der Waals surface area contributed by atoms with E-state index in [0.717, 1.165) is 37.5 Å². The van der Waals surface area contributed by atoms with Crippen molar-refractivity contribution in [1.82, 2.24) is 0 Å². The number of carbonyl (C=O) groups is 1. The predicted octanol–water partition coefficient (Wildman–Crippen LogP) is 2.28.